The third kappa shape index (κ3) is 6.66. The van der Waals surface area contributed by atoms with Crippen LogP contribution in [0, 0.1) is 13.8 Å². The maximum Gasteiger partial charge on any atom is 0.119 e. The zero-order valence-corrected chi connectivity index (χ0v) is 17.3. The van der Waals surface area contributed by atoms with Gasteiger partial charge in [0.15, 0.2) is 0 Å². The zero-order valence-electron chi connectivity index (χ0n) is 17.3. The normalized spacial score (nSPS) is 12.2. The Bertz CT molecular complexity index is 854. The molecule has 5 heteroatoms. The van der Waals surface area contributed by atoms with Crippen LogP contribution in [0.25, 0.3) is 0 Å². The first kappa shape index (κ1) is 21.0. The summed E-state index contributed by atoms with van der Waals surface area (Å²) in [6.45, 7) is 6.08. The van der Waals surface area contributed by atoms with Gasteiger partial charge in [-0.1, -0.05) is 18.2 Å². The Morgan fingerprint density at radius 1 is 0.966 bits per heavy atom. The molecule has 0 bridgehead atoms. The molecule has 1 heterocycles. The summed E-state index contributed by atoms with van der Waals surface area (Å²) in [5, 5.41) is 10.6. The van der Waals surface area contributed by atoms with E-state index in [1.54, 1.807) is 13.4 Å². The third-order valence-electron chi connectivity index (χ3n) is 4.63. The SMILES string of the molecule is COc1ccc(CN(Cc2ccco2)CC(O)COc2cc(C)cc(C)c2)cc1. The number of aliphatic hydroxyl groups is 1. The number of nitrogens with zero attached hydrogens (tertiary/aromatic N) is 1. The molecule has 2 aromatic carbocycles. The second-order valence-electron chi connectivity index (χ2n) is 7.39. The summed E-state index contributed by atoms with van der Waals surface area (Å²) in [6, 6.07) is 17.8. The van der Waals surface area contributed by atoms with E-state index in [0.29, 0.717) is 19.6 Å². The molecular formula is C24H29NO4. The van der Waals surface area contributed by atoms with Gasteiger partial charge in [0.1, 0.15) is 30.0 Å². The monoisotopic (exact) mass is 395 g/mol. The van der Waals surface area contributed by atoms with E-state index in [1.807, 2.05) is 62.4 Å². The number of ether oxygens (including phenoxy) is 2. The van der Waals surface area contributed by atoms with E-state index in [4.69, 9.17) is 13.9 Å². The van der Waals surface area contributed by atoms with Crippen molar-refractivity contribution in [3.63, 3.8) is 0 Å². The predicted octanol–water partition coefficient (Wildman–Crippen LogP) is 4.35. The first-order valence-electron chi connectivity index (χ1n) is 9.78. The molecule has 0 fully saturated rings. The maximum absolute atomic E-state index is 10.6. The Morgan fingerprint density at radius 3 is 2.31 bits per heavy atom. The van der Waals surface area contributed by atoms with Gasteiger partial charge >= 0.3 is 0 Å². The smallest absolute Gasteiger partial charge is 0.119 e. The van der Waals surface area contributed by atoms with Gasteiger partial charge in [-0.2, -0.15) is 0 Å². The van der Waals surface area contributed by atoms with E-state index in [2.05, 4.69) is 11.0 Å². The lowest BCUT2D eigenvalue weighted by Crippen LogP contribution is -2.35. The highest BCUT2D eigenvalue weighted by molar-refractivity contribution is 5.33. The van der Waals surface area contributed by atoms with Gasteiger partial charge in [0.05, 0.1) is 19.9 Å². The molecule has 3 rings (SSSR count). The van der Waals surface area contributed by atoms with Gasteiger partial charge in [0.2, 0.25) is 0 Å². The Labute approximate surface area is 172 Å². The molecule has 3 aromatic rings. The summed E-state index contributed by atoms with van der Waals surface area (Å²) in [6.07, 6.45) is 1.05. The Balaban J connectivity index is 1.61. The van der Waals surface area contributed by atoms with E-state index in [0.717, 1.165) is 33.9 Å². The van der Waals surface area contributed by atoms with E-state index in [1.165, 1.54) is 0 Å². The molecule has 0 amide bonds. The molecule has 0 aliphatic carbocycles. The van der Waals surface area contributed by atoms with Crippen molar-refractivity contribution in [2.75, 3.05) is 20.3 Å². The number of aliphatic hydroxyl groups excluding tert-OH is 1. The Hall–Kier alpha value is -2.76. The lowest BCUT2D eigenvalue weighted by atomic mass is 10.1. The minimum Gasteiger partial charge on any atom is -0.497 e. The van der Waals surface area contributed by atoms with Gasteiger partial charge in [-0.15, -0.1) is 0 Å². The van der Waals surface area contributed by atoms with Gasteiger partial charge in [0, 0.05) is 13.1 Å². The van der Waals surface area contributed by atoms with E-state index in [-0.39, 0.29) is 6.61 Å². The fraction of sp³-hybridized carbons (Fsp3) is 0.333. The van der Waals surface area contributed by atoms with Gasteiger partial charge in [-0.05, 0) is 66.9 Å². The Morgan fingerprint density at radius 2 is 1.69 bits per heavy atom. The maximum atomic E-state index is 10.6. The highest BCUT2D eigenvalue weighted by atomic mass is 16.5. The molecule has 0 aliphatic rings. The molecule has 0 saturated carbocycles. The molecular weight excluding hydrogens is 366 g/mol. The van der Waals surface area contributed by atoms with Crippen molar-refractivity contribution < 1.29 is 19.0 Å². The van der Waals surface area contributed by atoms with E-state index < -0.39 is 6.10 Å². The molecule has 0 aliphatic heterocycles. The molecule has 1 unspecified atom stereocenters. The van der Waals surface area contributed by atoms with Crippen LogP contribution in [-0.4, -0.2) is 36.4 Å². The van der Waals surface area contributed by atoms with Gasteiger partial charge in [-0.25, -0.2) is 0 Å². The van der Waals surface area contributed by atoms with Crippen LogP contribution in [0.1, 0.15) is 22.5 Å². The van der Waals surface area contributed by atoms with Crippen LogP contribution < -0.4 is 9.47 Å². The second-order valence-corrected chi connectivity index (χ2v) is 7.39. The van der Waals surface area contributed by atoms with Gasteiger partial charge in [0.25, 0.3) is 0 Å². The average molecular weight is 395 g/mol. The molecule has 1 N–H and O–H groups in total. The van der Waals surface area contributed by atoms with Crippen LogP contribution in [0.2, 0.25) is 0 Å². The molecule has 29 heavy (non-hydrogen) atoms. The lowest BCUT2D eigenvalue weighted by Gasteiger charge is -2.24. The molecule has 0 spiro atoms. The predicted molar refractivity (Wildman–Crippen MR) is 113 cm³/mol. The summed E-state index contributed by atoms with van der Waals surface area (Å²) in [7, 11) is 1.66. The summed E-state index contributed by atoms with van der Waals surface area (Å²) in [5.74, 6) is 2.48. The molecule has 1 atom stereocenters. The van der Waals surface area contributed by atoms with Gasteiger partial charge < -0.3 is 19.0 Å². The summed E-state index contributed by atoms with van der Waals surface area (Å²) >= 11 is 0. The van der Waals surface area contributed by atoms with Crippen molar-refractivity contribution in [3.05, 3.63) is 83.3 Å². The lowest BCUT2D eigenvalue weighted by molar-refractivity contribution is 0.0604. The fourth-order valence-corrected chi connectivity index (χ4v) is 3.36. The van der Waals surface area contributed by atoms with Gasteiger partial charge in [-0.3, -0.25) is 4.90 Å². The van der Waals surface area contributed by atoms with Crippen LogP contribution in [-0.2, 0) is 13.1 Å². The number of hydrogen-bond acceptors (Lipinski definition) is 5. The topological polar surface area (TPSA) is 55.1 Å². The molecule has 1 aromatic heterocycles. The van der Waals surface area contributed by atoms with Crippen molar-refractivity contribution in [2.45, 2.75) is 33.0 Å². The molecule has 5 nitrogen and oxygen atoms in total. The van der Waals surface area contributed by atoms with Crippen LogP contribution in [0.3, 0.4) is 0 Å². The van der Waals surface area contributed by atoms with Crippen molar-refractivity contribution >= 4 is 0 Å². The van der Waals surface area contributed by atoms with Crippen molar-refractivity contribution in [1.29, 1.82) is 0 Å². The molecule has 0 saturated heterocycles. The summed E-state index contributed by atoms with van der Waals surface area (Å²) < 4.78 is 16.6. The largest absolute Gasteiger partial charge is 0.497 e. The molecule has 154 valence electrons. The zero-order chi connectivity index (χ0) is 20.6. The van der Waals surface area contributed by atoms with Crippen LogP contribution in [0.15, 0.2) is 65.3 Å². The number of rotatable bonds is 10. The molecule has 0 radical (unpaired) electrons. The average Bonchev–Trinajstić information content (AvgIpc) is 3.19. The van der Waals surface area contributed by atoms with E-state index >= 15 is 0 Å². The highest BCUT2D eigenvalue weighted by Crippen LogP contribution is 2.18. The van der Waals surface area contributed by atoms with Crippen molar-refractivity contribution in [3.8, 4) is 11.5 Å². The number of benzene rings is 2. The fourth-order valence-electron chi connectivity index (χ4n) is 3.36. The Kier molecular flexibility index (Phi) is 7.33. The van der Waals surface area contributed by atoms with Crippen LogP contribution >= 0.6 is 0 Å². The summed E-state index contributed by atoms with van der Waals surface area (Å²) in [5.41, 5.74) is 3.43. The highest BCUT2D eigenvalue weighted by Gasteiger charge is 2.15. The quantitative estimate of drug-likeness (QED) is 0.553. The number of aryl methyl sites for hydroxylation is 2. The third-order valence-corrected chi connectivity index (χ3v) is 4.63. The summed E-state index contributed by atoms with van der Waals surface area (Å²) in [4.78, 5) is 2.15. The van der Waals surface area contributed by atoms with E-state index in [9.17, 15) is 5.11 Å². The van der Waals surface area contributed by atoms with Crippen LogP contribution in [0.5, 0.6) is 11.5 Å². The minimum atomic E-state index is -0.621. The van der Waals surface area contributed by atoms with Crippen molar-refractivity contribution in [2.24, 2.45) is 0 Å². The number of methoxy groups -OCH3 is 1. The first-order chi connectivity index (χ1) is 14.0. The van der Waals surface area contributed by atoms with Crippen molar-refractivity contribution in [1.82, 2.24) is 4.90 Å². The van der Waals surface area contributed by atoms with Crippen LogP contribution in [0.4, 0.5) is 0 Å². The standard InChI is InChI=1S/C24H29NO4/c1-18-11-19(2)13-24(12-18)29-17-21(26)15-25(16-23-5-4-10-28-23)14-20-6-8-22(27-3)9-7-20/h4-13,21,26H,14-17H2,1-3H3. The number of hydrogen-bond donors (Lipinski definition) is 1. The minimum absolute atomic E-state index is 0.236. The first-order valence-corrected chi connectivity index (χ1v) is 9.78. The number of furan rings is 1. The second kappa shape index (κ2) is 10.1.